The van der Waals surface area contributed by atoms with Crippen LogP contribution in [0.4, 0.5) is 0 Å². The molecule has 1 saturated heterocycles. The fourth-order valence-corrected chi connectivity index (χ4v) is 3.29. The van der Waals surface area contributed by atoms with Crippen LogP contribution in [0.25, 0.3) is 0 Å². The van der Waals surface area contributed by atoms with Crippen LogP contribution in [-0.4, -0.2) is 36.0 Å². The zero-order chi connectivity index (χ0) is 13.7. The molecule has 0 spiro atoms. The second-order valence-corrected chi connectivity index (χ2v) is 6.93. The molecule has 0 saturated carbocycles. The topological polar surface area (TPSA) is 28.4 Å². The number of thioether (sulfide) groups is 1. The van der Waals surface area contributed by atoms with Crippen LogP contribution >= 0.6 is 11.8 Å². The second-order valence-electron chi connectivity index (χ2n) is 5.71. The van der Waals surface area contributed by atoms with Gasteiger partial charge in [0.15, 0.2) is 0 Å². The maximum Gasteiger partial charge on any atom is 0.118 e. The molecule has 1 N–H and O–H groups in total. The Hall–Kier alpha value is -0.450. The van der Waals surface area contributed by atoms with Gasteiger partial charge in [-0.25, -0.2) is 0 Å². The van der Waals surface area contributed by atoms with Crippen LogP contribution in [0.3, 0.4) is 0 Å². The molecule has 3 nitrogen and oxygen atoms in total. The quantitative estimate of drug-likeness (QED) is 0.868. The molecule has 0 radical (unpaired) electrons. The monoisotopic (exact) mass is 282 g/mol. The van der Waals surface area contributed by atoms with E-state index in [-0.39, 0.29) is 0 Å². The van der Waals surface area contributed by atoms with Gasteiger partial charge in [-0.2, -0.15) is 11.8 Å². The number of hydrogen-bond donors (Lipinski definition) is 1. The summed E-state index contributed by atoms with van der Waals surface area (Å²) < 4.78 is 5.89. The molecule has 1 aromatic rings. The molecule has 0 aromatic carbocycles. The molecule has 2 rings (SSSR count). The van der Waals surface area contributed by atoms with E-state index >= 15 is 0 Å². The summed E-state index contributed by atoms with van der Waals surface area (Å²) in [6.07, 6.45) is 0. The van der Waals surface area contributed by atoms with Gasteiger partial charge in [0.05, 0.1) is 6.54 Å². The predicted molar refractivity (Wildman–Crippen MR) is 82.6 cm³/mol. The van der Waals surface area contributed by atoms with Crippen molar-refractivity contribution in [3.8, 4) is 0 Å². The van der Waals surface area contributed by atoms with Gasteiger partial charge in [0.25, 0.3) is 0 Å². The van der Waals surface area contributed by atoms with E-state index in [0.29, 0.717) is 5.92 Å². The zero-order valence-electron chi connectivity index (χ0n) is 12.4. The van der Waals surface area contributed by atoms with Crippen molar-refractivity contribution in [3.63, 3.8) is 0 Å². The van der Waals surface area contributed by atoms with E-state index in [1.54, 1.807) is 0 Å². The standard InChI is InChI=1S/C15H26N2OS/c1-12(2)9-16-10-14-8-15(18-13(14)3)11-17-4-6-19-7-5-17/h8,12,16H,4-7,9-11H2,1-3H3. The molecule has 4 heteroatoms. The zero-order valence-corrected chi connectivity index (χ0v) is 13.2. The third-order valence-electron chi connectivity index (χ3n) is 3.42. The Morgan fingerprint density at radius 3 is 2.79 bits per heavy atom. The fraction of sp³-hybridized carbons (Fsp3) is 0.733. The molecule has 0 amide bonds. The number of rotatable bonds is 6. The van der Waals surface area contributed by atoms with Gasteiger partial charge in [-0.05, 0) is 25.5 Å². The van der Waals surface area contributed by atoms with Gasteiger partial charge in [0, 0.05) is 36.7 Å². The SMILES string of the molecule is Cc1oc(CN2CCSCC2)cc1CNCC(C)C. The van der Waals surface area contributed by atoms with E-state index in [4.69, 9.17) is 4.42 Å². The molecule has 108 valence electrons. The Bertz CT molecular complexity index is 383. The molecule has 1 fully saturated rings. The van der Waals surface area contributed by atoms with Crippen LogP contribution in [0.1, 0.15) is 30.9 Å². The first-order chi connectivity index (χ1) is 9.15. The summed E-state index contributed by atoms with van der Waals surface area (Å²) in [6, 6.07) is 2.23. The van der Waals surface area contributed by atoms with Crippen LogP contribution in [0.2, 0.25) is 0 Å². The Labute approximate surface area is 121 Å². The number of aryl methyl sites for hydroxylation is 1. The third-order valence-corrected chi connectivity index (χ3v) is 4.37. The average molecular weight is 282 g/mol. The highest BCUT2D eigenvalue weighted by molar-refractivity contribution is 7.99. The van der Waals surface area contributed by atoms with E-state index in [0.717, 1.165) is 31.2 Å². The molecule has 0 unspecified atom stereocenters. The lowest BCUT2D eigenvalue weighted by molar-refractivity contribution is 0.266. The highest BCUT2D eigenvalue weighted by Gasteiger charge is 2.14. The summed E-state index contributed by atoms with van der Waals surface area (Å²) in [5, 5.41) is 3.48. The minimum absolute atomic E-state index is 0.692. The molecular weight excluding hydrogens is 256 g/mol. The minimum atomic E-state index is 0.692. The Morgan fingerprint density at radius 1 is 1.37 bits per heavy atom. The maximum absolute atomic E-state index is 5.89. The lowest BCUT2D eigenvalue weighted by Gasteiger charge is -2.24. The van der Waals surface area contributed by atoms with Crippen molar-refractivity contribution in [2.75, 3.05) is 31.1 Å². The number of furan rings is 1. The fourth-order valence-electron chi connectivity index (χ4n) is 2.32. The van der Waals surface area contributed by atoms with Gasteiger partial charge in [-0.3, -0.25) is 4.90 Å². The minimum Gasteiger partial charge on any atom is -0.465 e. The summed E-state index contributed by atoms with van der Waals surface area (Å²) in [4.78, 5) is 2.49. The molecule has 0 bridgehead atoms. The van der Waals surface area contributed by atoms with Gasteiger partial charge >= 0.3 is 0 Å². The van der Waals surface area contributed by atoms with Crippen molar-refractivity contribution in [1.82, 2.24) is 10.2 Å². The van der Waals surface area contributed by atoms with Crippen molar-refractivity contribution in [2.24, 2.45) is 5.92 Å². The number of nitrogens with zero attached hydrogens (tertiary/aromatic N) is 1. The van der Waals surface area contributed by atoms with Crippen LogP contribution < -0.4 is 5.32 Å². The molecular formula is C15H26N2OS. The lowest BCUT2D eigenvalue weighted by atomic mass is 10.2. The summed E-state index contributed by atoms with van der Waals surface area (Å²) in [6.45, 7) is 11.8. The second kappa shape index (κ2) is 7.36. The Kier molecular flexibility index (Phi) is 5.79. The van der Waals surface area contributed by atoms with Crippen LogP contribution in [-0.2, 0) is 13.1 Å². The summed E-state index contributed by atoms with van der Waals surface area (Å²) >= 11 is 2.05. The maximum atomic E-state index is 5.89. The lowest BCUT2D eigenvalue weighted by Crippen LogP contribution is -2.31. The molecule has 0 aliphatic carbocycles. The third kappa shape index (κ3) is 4.86. The van der Waals surface area contributed by atoms with Crippen molar-refractivity contribution in [1.29, 1.82) is 0 Å². The largest absolute Gasteiger partial charge is 0.465 e. The average Bonchev–Trinajstić information content (AvgIpc) is 2.70. The Balaban J connectivity index is 1.84. The first kappa shape index (κ1) is 14.9. The van der Waals surface area contributed by atoms with Crippen LogP contribution in [0.5, 0.6) is 0 Å². The normalized spacial score (nSPS) is 17.3. The van der Waals surface area contributed by atoms with Crippen LogP contribution in [0, 0.1) is 12.8 Å². The van der Waals surface area contributed by atoms with Crippen molar-refractivity contribution in [3.05, 3.63) is 23.2 Å². The molecule has 2 heterocycles. The smallest absolute Gasteiger partial charge is 0.118 e. The van der Waals surface area contributed by atoms with Gasteiger partial charge in [0.1, 0.15) is 11.5 Å². The first-order valence-electron chi connectivity index (χ1n) is 7.24. The molecule has 0 atom stereocenters. The highest BCUT2D eigenvalue weighted by atomic mass is 32.2. The van der Waals surface area contributed by atoms with E-state index < -0.39 is 0 Å². The van der Waals surface area contributed by atoms with E-state index in [2.05, 4.69) is 37.1 Å². The predicted octanol–water partition coefficient (Wildman–Crippen LogP) is 2.88. The van der Waals surface area contributed by atoms with Crippen molar-refractivity contribution in [2.45, 2.75) is 33.9 Å². The summed E-state index contributed by atoms with van der Waals surface area (Å²) in [7, 11) is 0. The van der Waals surface area contributed by atoms with Gasteiger partial charge in [-0.15, -0.1) is 0 Å². The van der Waals surface area contributed by atoms with E-state index in [9.17, 15) is 0 Å². The van der Waals surface area contributed by atoms with E-state index in [1.807, 2.05) is 11.8 Å². The van der Waals surface area contributed by atoms with Gasteiger partial charge < -0.3 is 9.73 Å². The first-order valence-corrected chi connectivity index (χ1v) is 8.39. The molecule has 1 aliphatic rings. The number of nitrogens with one attached hydrogen (secondary N) is 1. The molecule has 19 heavy (non-hydrogen) atoms. The summed E-state index contributed by atoms with van der Waals surface area (Å²) in [5.41, 5.74) is 1.31. The van der Waals surface area contributed by atoms with Gasteiger partial charge in [0.2, 0.25) is 0 Å². The Morgan fingerprint density at radius 2 is 2.11 bits per heavy atom. The van der Waals surface area contributed by atoms with E-state index in [1.165, 1.54) is 30.2 Å². The van der Waals surface area contributed by atoms with Crippen molar-refractivity contribution >= 4 is 11.8 Å². The van der Waals surface area contributed by atoms with Crippen LogP contribution in [0.15, 0.2) is 10.5 Å². The summed E-state index contributed by atoms with van der Waals surface area (Å²) in [5.74, 6) is 5.38. The molecule has 1 aliphatic heterocycles. The number of hydrogen-bond acceptors (Lipinski definition) is 4. The van der Waals surface area contributed by atoms with Gasteiger partial charge in [-0.1, -0.05) is 13.8 Å². The highest BCUT2D eigenvalue weighted by Crippen LogP contribution is 2.18. The van der Waals surface area contributed by atoms with Crippen molar-refractivity contribution < 1.29 is 4.42 Å². The molecule has 1 aromatic heterocycles.